The molecule has 0 radical (unpaired) electrons. The van der Waals surface area contributed by atoms with Crippen LogP contribution in [0.3, 0.4) is 0 Å². The maximum absolute atomic E-state index is 14.5. The van der Waals surface area contributed by atoms with Crippen molar-refractivity contribution < 1.29 is 38.2 Å². The summed E-state index contributed by atoms with van der Waals surface area (Å²) in [6.45, 7) is 19.2. The summed E-state index contributed by atoms with van der Waals surface area (Å²) in [4.78, 5) is 73.2. The van der Waals surface area contributed by atoms with E-state index in [0.717, 1.165) is 18.4 Å². The van der Waals surface area contributed by atoms with Crippen molar-refractivity contribution in [3.8, 4) is 0 Å². The summed E-state index contributed by atoms with van der Waals surface area (Å²) < 4.78 is 17.8. The Balaban J connectivity index is 1.83. The van der Waals surface area contributed by atoms with Crippen molar-refractivity contribution in [2.24, 2.45) is 35.5 Å². The highest BCUT2D eigenvalue weighted by Crippen LogP contribution is 2.50. The molecule has 2 fully saturated rings. The van der Waals surface area contributed by atoms with Crippen LogP contribution in [0.1, 0.15) is 107 Å². The van der Waals surface area contributed by atoms with Crippen molar-refractivity contribution in [3.05, 3.63) is 35.9 Å². The average Bonchev–Trinajstić information content (AvgIpc) is 3.81. The third kappa shape index (κ3) is 12.6. The number of nitrogens with one attached hydrogen (secondary N) is 2. The van der Waals surface area contributed by atoms with Gasteiger partial charge in [-0.2, -0.15) is 0 Å². The van der Waals surface area contributed by atoms with Crippen molar-refractivity contribution in [1.29, 1.82) is 0 Å². The molecule has 1 aromatic rings. The van der Waals surface area contributed by atoms with E-state index >= 15 is 0 Å². The van der Waals surface area contributed by atoms with Crippen molar-refractivity contribution in [1.82, 2.24) is 20.4 Å². The molecule has 12 heteroatoms. The Morgan fingerprint density at radius 2 is 1.54 bits per heavy atom. The van der Waals surface area contributed by atoms with Gasteiger partial charge in [-0.15, -0.1) is 0 Å². The van der Waals surface area contributed by atoms with E-state index in [-0.39, 0.29) is 78.6 Å². The lowest BCUT2D eigenvalue weighted by Crippen LogP contribution is -2.55. The van der Waals surface area contributed by atoms with E-state index in [1.807, 2.05) is 62.9 Å². The monoisotopic (exact) mass is 799 g/mol. The molecule has 11 atom stereocenters. The number of Topliss-reactive ketones (excluding diaryl/α,β-unsaturated/α-hetero) is 1. The smallest absolute Gasteiger partial charge is 0.329 e. The fourth-order valence-electron chi connectivity index (χ4n) is 8.81. The molecule has 0 spiro atoms. The molecular formula is C45H74N4O8. The molecule has 57 heavy (non-hydrogen) atoms. The van der Waals surface area contributed by atoms with Crippen LogP contribution in [0.15, 0.2) is 30.3 Å². The van der Waals surface area contributed by atoms with E-state index in [2.05, 4.69) is 24.5 Å². The third-order valence-corrected chi connectivity index (χ3v) is 12.2. The number of rotatable bonds is 22. The minimum absolute atomic E-state index is 0.00627. The number of benzene rings is 1. The number of amides is 3. The van der Waals surface area contributed by atoms with E-state index in [1.165, 1.54) is 0 Å². The van der Waals surface area contributed by atoms with E-state index in [1.54, 1.807) is 60.9 Å². The number of likely N-dealkylation sites (N-methyl/N-ethyl adjacent to an activating group) is 2. The summed E-state index contributed by atoms with van der Waals surface area (Å²) >= 11 is 0. The number of nitrogens with zero attached hydrogens (tertiary/aromatic N) is 2. The van der Waals surface area contributed by atoms with E-state index in [4.69, 9.17) is 14.2 Å². The number of hydrogen-bond acceptors (Lipinski definition) is 9. The first-order chi connectivity index (χ1) is 26.7. The number of hydrogen-bond donors (Lipinski definition) is 2. The summed E-state index contributed by atoms with van der Waals surface area (Å²) in [6.07, 6.45) is 1.52. The van der Waals surface area contributed by atoms with Crippen LogP contribution in [-0.2, 0) is 44.6 Å². The summed E-state index contributed by atoms with van der Waals surface area (Å²) in [5, 5.41) is 6.07. The molecule has 3 amide bonds. The zero-order chi connectivity index (χ0) is 42.9. The van der Waals surface area contributed by atoms with Crippen LogP contribution >= 0.6 is 0 Å². The quantitative estimate of drug-likeness (QED) is 0.147. The molecule has 3 rings (SSSR count). The first kappa shape index (κ1) is 48.0. The number of fused-ring (bicyclic) bond motifs is 1. The first-order valence-electron chi connectivity index (χ1n) is 21.1. The van der Waals surface area contributed by atoms with E-state index in [9.17, 15) is 24.0 Å². The number of piperidine rings is 1. The first-order valence-corrected chi connectivity index (χ1v) is 21.1. The standard InChI is InChI=1S/C45H74N4O8/c1-15-28(6)40(48(12)43(53)32(26(2)3)24-36(50)39(46-11)27(4)5)37(55-13)25-38(51)49-34-22-31(34)23-35(49)41(56-14)29(7)42(52)47-33(44(54)57-45(8,9)10)21-30-19-17-16-18-20-30/h16-20,26-29,31-35,37,39-41,46H,15,21-25H2,1-14H3,(H,47,52)/t28-,29+,31-,32-,33-,34-,35-,37+,39-,40-,41+/m0/s1. The minimum atomic E-state index is -0.915. The van der Waals surface area contributed by atoms with Crippen LogP contribution in [-0.4, -0.2) is 116 Å². The summed E-state index contributed by atoms with van der Waals surface area (Å²) in [5.74, 6) is -2.01. The Hall–Kier alpha value is -3.35. The van der Waals surface area contributed by atoms with Gasteiger partial charge >= 0.3 is 5.97 Å². The number of carbonyl (C=O) groups excluding carboxylic acids is 5. The number of ketones is 1. The highest BCUT2D eigenvalue weighted by atomic mass is 16.6. The van der Waals surface area contributed by atoms with Crippen molar-refractivity contribution >= 4 is 29.5 Å². The van der Waals surface area contributed by atoms with Crippen LogP contribution in [0.2, 0.25) is 0 Å². The van der Waals surface area contributed by atoms with Crippen molar-refractivity contribution in [2.45, 2.75) is 156 Å². The summed E-state index contributed by atoms with van der Waals surface area (Å²) in [6, 6.07) is 7.47. The summed E-state index contributed by atoms with van der Waals surface area (Å²) in [7, 11) is 6.68. The lowest BCUT2D eigenvalue weighted by molar-refractivity contribution is -0.159. The highest BCUT2D eigenvalue weighted by molar-refractivity contribution is 5.90. The lowest BCUT2D eigenvalue weighted by Gasteiger charge is -2.41. The normalized spacial score (nSPS) is 22.1. The van der Waals surface area contributed by atoms with Gasteiger partial charge in [0.2, 0.25) is 17.7 Å². The summed E-state index contributed by atoms with van der Waals surface area (Å²) in [5.41, 5.74) is 0.146. The average molecular weight is 799 g/mol. The second kappa shape index (κ2) is 21.1. The lowest BCUT2D eigenvalue weighted by atomic mass is 9.84. The number of likely N-dealkylation sites (tertiary alicyclic amines) is 1. The zero-order valence-corrected chi connectivity index (χ0v) is 37.3. The van der Waals surface area contributed by atoms with Crippen LogP contribution < -0.4 is 10.6 Å². The Morgan fingerprint density at radius 1 is 0.912 bits per heavy atom. The number of methoxy groups -OCH3 is 2. The molecule has 1 saturated heterocycles. The van der Waals surface area contributed by atoms with Gasteiger partial charge in [-0.1, -0.05) is 85.2 Å². The zero-order valence-electron chi connectivity index (χ0n) is 37.3. The van der Waals surface area contributed by atoms with Gasteiger partial charge in [0.05, 0.1) is 42.7 Å². The molecule has 1 saturated carbocycles. The Labute approximate surface area is 342 Å². The Bertz CT molecular complexity index is 1500. The fourth-order valence-corrected chi connectivity index (χ4v) is 8.81. The van der Waals surface area contributed by atoms with Gasteiger partial charge in [-0.25, -0.2) is 4.79 Å². The second-order valence-electron chi connectivity index (χ2n) is 18.3. The second-order valence-corrected chi connectivity index (χ2v) is 18.3. The van der Waals surface area contributed by atoms with Gasteiger partial charge in [-0.05, 0) is 69.9 Å². The van der Waals surface area contributed by atoms with E-state index in [0.29, 0.717) is 12.3 Å². The van der Waals surface area contributed by atoms with Crippen LogP contribution in [0.5, 0.6) is 0 Å². The molecule has 0 bridgehead atoms. The van der Waals surface area contributed by atoms with Gasteiger partial charge in [0.25, 0.3) is 0 Å². The molecule has 322 valence electrons. The Kier molecular flexibility index (Phi) is 17.7. The number of ether oxygens (including phenoxy) is 3. The minimum Gasteiger partial charge on any atom is -0.458 e. The third-order valence-electron chi connectivity index (χ3n) is 12.2. The maximum Gasteiger partial charge on any atom is 0.329 e. The van der Waals surface area contributed by atoms with Gasteiger partial charge in [0, 0.05) is 46.1 Å². The SMILES string of the molecule is CC[C@H](C)[C@@H]([C@@H](CC(=O)N1[C@H]2C[C@H]2C[C@H]1[C@H](OC)[C@@H](C)C(=O)N[C@@H](Cc1ccccc1)C(=O)OC(C)(C)C)OC)N(C)C(=O)[C@@H](CC(=O)[C@@H](NC)C(C)C)C(C)C. The van der Waals surface area contributed by atoms with Gasteiger partial charge in [0.1, 0.15) is 11.6 Å². The predicted octanol–water partition coefficient (Wildman–Crippen LogP) is 5.45. The van der Waals surface area contributed by atoms with Crippen molar-refractivity contribution in [2.75, 3.05) is 28.3 Å². The predicted molar refractivity (Wildman–Crippen MR) is 222 cm³/mol. The largest absolute Gasteiger partial charge is 0.458 e. The van der Waals surface area contributed by atoms with Gasteiger partial charge in [0.15, 0.2) is 5.78 Å². The number of carbonyl (C=O) groups is 5. The molecule has 1 aromatic carbocycles. The molecule has 1 aliphatic heterocycles. The molecule has 1 heterocycles. The molecule has 0 aromatic heterocycles. The van der Waals surface area contributed by atoms with Crippen LogP contribution in [0.25, 0.3) is 0 Å². The Morgan fingerprint density at radius 3 is 2.05 bits per heavy atom. The molecule has 12 nitrogen and oxygen atoms in total. The topological polar surface area (TPSA) is 144 Å². The van der Waals surface area contributed by atoms with Crippen molar-refractivity contribution in [3.63, 3.8) is 0 Å². The molecule has 2 N–H and O–H groups in total. The molecular weight excluding hydrogens is 725 g/mol. The van der Waals surface area contributed by atoms with Crippen LogP contribution in [0.4, 0.5) is 0 Å². The maximum atomic E-state index is 14.5. The molecule has 2 aliphatic rings. The van der Waals surface area contributed by atoms with Gasteiger partial charge < -0.3 is 34.6 Å². The number of esters is 1. The molecule has 1 aliphatic carbocycles. The van der Waals surface area contributed by atoms with Crippen LogP contribution in [0, 0.1) is 35.5 Å². The fraction of sp³-hybridized carbons (Fsp3) is 0.756. The van der Waals surface area contributed by atoms with E-state index < -0.39 is 47.7 Å². The van der Waals surface area contributed by atoms with Gasteiger partial charge in [-0.3, -0.25) is 19.2 Å². The highest BCUT2D eigenvalue weighted by Gasteiger charge is 2.57. The molecule has 0 unspecified atom stereocenters.